The fraction of sp³-hybridized carbons (Fsp3) is 0.432. The van der Waals surface area contributed by atoms with Crippen LogP contribution in [0.25, 0.3) is 0 Å². The van der Waals surface area contributed by atoms with Crippen LogP contribution in [0.4, 0.5) is 17.1 Å². The molecule has 16 nitrogen and oxygen atoms in total. The molecule has 0 aliphatic rings. The van der Waals surface area contributed by atoms with Crippen molar-refractivity contribution in [3.05, 3.63) is 120 Å². The van der Waals surface area contributed by atoms with Gasteiger partial charge in [-0.15, -0.1) is 0 Å². The molecule has 3 aromatic rings. The lowest BCUT2D eigenvalue weighted by Crippen LogP contribution is -2.32. The summed E-state index contributed by atoms with van der Waals surface area (Å²) in [6.45, 7) is 14.5. The molecule has 0 unspecified atom stereocenters. The van der Waals surface area contributed by atoms with E-state index in [4.69, 9.17) is 20.3 Å². The SMILES string of the molecule is C[C@@H](Cc1ccc([N+](=O)[O-])cc1)C(=O)OC(C)(C)C.C[C@@H](Cc1ccc([N+](=O)[O-])cc1)C(=O)OC(C)(C)C.N[C@@H](Cc1ccc([N+](=O)[O-])cc1)C(=O)O. The fourth-order valence-corrected chi connectivity index (χ4v) is 4.28. The third kappa shape index (κ3) is 18.3. The Morgan fingerprint density at radius 3 is 1.04 bits per heavy atom. The summed E-state index contributed by atoms with van der Waals surface area (Å²) >= 11 is 0. The number of non-ortho nitro benzene ring substituents is 3. The van der Waals surface area contributed by atoms with Crippen LogP contribution in [0, 0.1) is 42.2 Å². The van der Waals surface area contributed by atoms with Gasteiger partial charge in [0.15, 0.2) is 0 Å². The fourth-order valence-electron chi connectivity index (χ4n) is 4.28. The standard InChI is InChI=1S/2C14H19NO4.C9H10N2O4/c2*1-10(13(16)19-14(2,3)4)9-11-5-7-12(8-6-11)15(17)18;10-8(9(12)13)5-6-1-3-7(4-2-6)11(14)15/h2*5-8,10H,9H2,1-4H3;1-4,8H,5,10H2,(H,12,13)/t2*10-;8-/m000/s1. The maximum absolute atomic E-state index is 11.8. The molecule has 0 fully saturated rings. The minimum absolute atomic E-state index is 0.0253. The number of nitro benzene ring substituents is 3. The molecule has 0 amide bonds. The van der Waals surface area contributed by atoms with Crippen molar-refractivity contribution < 1.29 is 43.7 Å². The van der Waals surface area contributed by atoms with Crippen molar-refractivity contribution in [3.63, 3.8) is 0 Å². The molecule has 0 saturated carbocycles. The van der Waals surface area contributed by atoms with Crippen molar-refractivity contribution >= 4 is 35.0 Å². The molecule has 16 heteroatoms. The summed E-state index contributed by atoms with van der Waals surface area (Å²) < 4.78 is 10.6. The number of hydrogen-bond donors (Lipinski definition) is 2. The first-order valence-electron chi connectivity index (χ1n) is 16.5. The van der Waals surface area contributed by atoms with Gasteiger partial charge in [0.1, 0.15) is 17.2 Å². The highest BCUT2D eigenvalue weighted by atomic mass is 16.6. The molecular weight excluding hydrogens is 692 g/mol. The first-order chi connectivity index (χ1) is 24.4. The van der Waals surface area contributed by atoms with Crippen molar-refractivity contribution in [1.82, 2.24) is 0 Å². The topological polar surface area (TPSA) is 245 Å². The molecule has 3 atom stereocenters. The summed E-state index contributed by atoms with van der Waals surface area (Å²) in [7, 11) is 0. The van der Waals surface area contributed by atoms with E-state index in [1.54, 1.807) is 38.1 Å². The van der Waals surface area contributed by atoms with Gasteiger partial charge in [-0.05, 0) is 77.5 Å². The number of benzene rings is 3. The van der Waals surface area contributed by atoms with Crippen LogP contribution in [0.3, 0.4) is 0 Å². The largest absolute Gasteiger partial charge is 0.480 e. The predicted molar refractivity (Wildman–Crippen MR) is 196 cm³/mol. The zero-order chi connectivity index (χ0) is 40.7. The van der Waals surface area contributed by atoms with E-state index in [0.29, 0.717) is 18.4 Å². The summed E-state index contributed by atoms with van der Waals surface area (Å²) in [6, 6.07) is 17.1. The Morgan fingerprint density at radius 2 is 0.830 bits per heavy atom. The van der Waals surface area contributed by atoms with Gasteiger partial charge in [-0.25, -0.2) is 0 Å². The molecule has 3 aromatic carbocycles. The highest BCUT2D eigenvalue weighted by molar-refractivity contribution is 5.74. The summed E-state index contributed by atoms with van der Waals surface area (Å²) in [4.78, 5) is 64.1. The van der Waals surface area contributed by atoms with Crippen LogP contribution in [-0.4, -0.2) is 55.0 Å². The van der Waals surface area contributed by atoms with Crippen LogP contribution in [0.5, 0.6) is 0 Å². The van der Waals surface area contributed by atoms with Crippen LogP contribution >= 0.6 is 0 Å². The van der Waals surface area contributed by atoms with Gasteiger partial charge < -0.3 is 20.3 Å². The Bertz CT molecular complexity index is 1610. The summed E-state index contributed by atoms with van der Waals surface area (Å²) in [5.74, 6) is -2.16. The lowest BCUT2D eigenvalue weighted by atomic mass is 10.0. The van der Waals surface area contributed by atoms with Crippen LogP contribution in [-0.2, 0) is 43.1 Å². The first kappa shape index (κ1) is 45.3. The molecule has 0 saturated heterocycles. The second-order valence-electron chi connectivity index (χ2n) is 14.2. The van der Waals surface area contributed by atoms with Crippen molar-refractivity contribution in [2.45, 2.75) is 91.9 Å². The molecule has 53 heavy (non-hydrogen) atoms. The number of ether oxygens (including phenoxy) is 2. The molecule has 3 rings (SSSR count). The Hall–Kier alpha value is -5.77. The van der Waals surface area contributed by atoms with Crippen molar-refractivity contribution in [2.24, 2.45) is 17.6 Å². The predicted octanol–water partition coefficient (Wildman–Crippen LogP) is 6.78. The van der Waals surface area contributed by atoms with Gasteiger partial charge >= 0.3 is 17.9 Å². The molecule has 0 spiro atoms. The number of nitro groups is 3. The number of aliphatic carboxylic acids is 1. The van der Waals surface area contributed by atoms with Gasteiger partial charge in [-0.2, -0.15) is 0 Å². The van der Waals surface area contributed by atoms with Gasteiger partial charge in [0, 0.05) is 36.4 Å². The van der Waals surface area contributed by atoms with Crippen molar-refractivity contribution in [3.8, 4) is 0 Å². The monoisotopic (exact) mass is 740 g/mol. The molecule has 0 bridgehead atoms. The molecule has 3 N–H and O–H groups in total. The van der Waals surface area contributed by atoms with Crippen LogP contribution in [0.1, 0.15) is 72.1 Å². The van der Waals surface area contributed by atoms with Crippen LogP contribution < -0.4 is 5.73 Å². The number of nitrogens with zero attached hydrogens (tertiary/aromatic N) is 3. The molecule has 0 aliphatic carbocycles. The van der Waals surface area contributed by atoms with E-state index >= 15 is 0 Å². The zero-order valence-corrected chi connectivity index (χ0v) is 31.1. The van der Waals surface area contributed by atoms with E-state index in [1.165, 1.54) is 48.5 Å². The normalized spacial score (nSPS) is 12.6. The van der Waals surface area contributed by atoms with E-state index < -0.39 is 38.0 Å². The van der Waals surface area contributed by atoms with Crippen LogP contribution in [0.15, 0.2) is 72.8 Å². The van der Waals surface area contributed by atoms with Gasteiger partial charge in [-0.1, -0.05) is 50.2 Å². The lowest BCUT2D eigenvalue weighted by Gasteiger charge is -2.22. The van der Waals surface area contributed by atoms with E-state index in [0.717, 1.165) is 11.1 Å². The Balaban J connectivity index is 0.000000401. The number of carbonyl (C=O) groups excluding carboxylic acids is 2. The molecular formula is C37H48N4O12. The quantitative estimate of drug-likeness (QED) is 0.111. The lowest BCUT2D eigenvalue weighted by molar-refractivity contribution is -0.385. The van der Waals surface area contributed by atoms with Gasteiger partial charge in [0.2, 0.25) is 0 Å². The maximum atomic E-state index is 11.8. The second kappa shape index (κ2) is 20.3. The summed E-state index contributed by atoms with van der Waals surface area (Å²) in [5, 5.41) is 39.9. The maximum Gasteiger partial charge on any atom is 0.320 e. The Kier molecular flexibility index (Phi) is 17.3. The summed E-state index contributed by atoms with van der Waals surface area (Å²) in [6.07, 6.45) is 1.17. The number of esters is 2. The van der Waals surface area contributed by atoms with Crippen molar-refractivity contribution in [2.75, 3.05) is 0 Å². The number of nitrogens with two attached hydrogens (primary N) is 1. The molecule has 0 radical (unpaired) electrons. The molecule has 288 valence electrons. The number of hydrogen-bond acceptors (Lipinski definition) is 12. The minimum Gasteiger partial charge on any atom is -0.480 e. The zero-order valence-electron chi connectivity index (χ0n) is 31.1. The molecule has 0 aliphatic heterocycles. The Labute approximate surface area is 307 Å². The van der Waals surface area contributed by atoms with E-state index in [2.05, 4.69) is 0 Å². The molecule has 0 aromatic heterocycles. The van der Waals surface area contributed by atoms with Crippen LogP contribution in [0.2, 0.25) is 0 Å². The third-order valence-electron chi connectivity index (χ3n) is 6.92. The smallest absolute Gasteiger partial charge is 0.320 e. The number of rotatable bonds is 12. The van der Waals surface area contributed by atoms with Crippen molar-refractivity contribution in [1.29, 1.82) is 0 Å². The first-order valence-corrected chi connectivity index (χ1v) is 16.5. The highest BCUT2D eigenvalue weighted by Crippen LogP contribution is 2.19. The number of carbonyl (C=O) groups is 3. The van der Waals surface area contributed by atoms with E-state index in [1.807, 2.05) is 41.5 Å². The van der Waals surface area contributed by atoms with Gasteiger partial charge in [0.05, 0.1) is 26.6 Å². The van der Waals surface area contributed by atoms with E-state index in [9.17, 15) is 44.7 Å². The average molecular weight is 741 g/mol. The highest BCUT2D eigenvalue weighted by Gasteiger charge is 2.23. The number of carboxylic acids is 1. The minimum atomic E-state index is -1.09. The van der Waals surface area contributed by atoms with E-state index in [-0.39, 0.29) is 47.3 Å². The molecule has 0 heterocycles. The second-order valence-corrected chi connectivity index (χ2v) is 14.2. The average Bonchev–Trinajstić information content (AvgIpc) is 3.04. The van der Waals surface area contributed by atoms with Gasteiger partial charge in [-0.3, -0.25) is 44.7 Å². The summed E-state index contributed by atoms with van der Waals surface area (Å²) in [5.41, 5.74) is 6.81. The third-order valence-corrected chi connectivity index (χ3v) is 6.92. The Morgan fingerprint density at radius 1 is 0.585 bits per heavy atom. The van der Waals surface area contributed by atoms with Gasteiger partial charge in [0.25, 0.3) is 17.1 Å². The number of carboxylic acid groups (broad SMARTS) is 1.